The number of nitrogens with one attached hydrogen (secondary N) is 1. The third kappa shape index (κ3) is 3.91. The summed E-state index contributed by atoms with van der Waals surface area (Å²) in [6.45, 7) is 4.39. The number of thiazole rings is 1. The van der Waals surface area contributed by atoms with Crippen molar-refractivity contribution in [3.05, 3.63) is 33.8 Å². The van der Waals surface area contributed by atoms with Gasteiger partial charge in [0.05, 0.1) is 5.75 Å². The summed E-state index contributed by atoms with van der Waals surface area (Å²) >= 11 is 3.04. The number of nitrogens with zero attached hydrogens (tertiary/aromatic N) is 4. The highest BCUT2D eigenvalue weighted by Crippen LogP contribution is 2.22. The lowest BCUT2D eigenvalue weighted by Gasteiger charge is -2.34. The zero-order valence-corrected chi connectivity index (χ0v) is 14.3. The van der Waals surface area contributed by atoms with Crippen molar-refractivity contribution in [3.63, 3.8) is 0 Å². The smallest absolute Gasteiger partial charge is 0.290 e. The van der Waals surface area contributed by atoms with Crippen molar-refractivity contribution in [1.29, 1.82) is 0 Å². The topological polar surface area (TPSA) is 82.2 Å². The molecule has 0 radical (unpaired) electrons. The van der Waals surface area contributed by atoms with Gasteiger partial charge in [-0.1, -0.05) is 11.8 Å². The first-order valence-electron chi connectivity index (χ1n) is 7.25. The molecular formula is C14H17N5O2S2. The largest absolute Gasteiger partial charge is 0.348 e. The molecule has 1 N–H and O–H groups in total. The van der Waals surface area contributed by atoms with Crippen LogP contribution in [-0.2, 0) is 4.79 Å². The SMILES string of the molecule is Cc1csc(SCC(=O)N2CCN(c3ncc[nH]c3=O)CC2)n1. The maximum absolute atomic E-state index is 12.3. The second-order valence-electron chi connectivity index (χ2n) is 5.15. The van der Waals surface area contributed by atoms with Crippen molar-refractivity contribution in [2.45, 2.75) is 11.3 Å². The molecule has 23 heavy (non-hydrogen) atoms. The van der Waals surface area contributed by atoms with Gasteiger partial charge in [-0.3, -0.25) is 9.59 Å². The van der Waals surface area contributed by atoms with Gasteiger partial charge in [-0.25, -0.2) is 9.97 Å². The predicted molar refractivity (Wildman–Crippen MR) is 91.2 cm³/mol. The van der Waals surface area contributed by atoms with E-state index in [1.54, 1.807) is 17.5 Å². The molecule has 2 aromatic rings. The number of H-pyrrole nitrogens is 1. The number of carbonyl (C=O) groups is 1. The van der Waals surface area contributed by atoms with E-state index in [1.165, 1.54) is 18.0 Å². The highest BCUT2D eigenvalue weighted by Gasteiger charge is 2.23. The number of amides is 1. The number of aromatic amines is 1. The van der Waals surface area contributed by atoms with Crippen LogP contribution in [0.5, 0.6) is 0 Å². The van der Waals surface area contributed by atoms with Gasteiger partial charge in [-0.05, 0) is 6.92 Å². The second-order valence-corrected chi connectivity index (χ2v) is 7.23. The number of aryl methyl sites for hydroxylation is 1. The molecule has 0 aromatic carbocycles. The highest BCUT2D eigenvalue weighted by molar-refractivity contribution is 8.01. The van der Waals surface area contributed by atoms with Gasteiger partial charge in [-0.15, -0.1) is 11.3 Å². The predicted octanol–water partition coefficient (Wildman–Crippen LogP) is 0.976. The fraction of sp³-hybridized carbons (Fsp3) is 0.429. The summed E-state index contributed by atoms with van der Waals surface area (Å²) in [5.74, 6) is 0.932. The lowest BCUT2D eigenvalue weighted by molar-refractivity contribution is -0.128. The molecular weight excluding hydrogens is 334 g/mol. The van der Waals surface area contributed by atoms with Crippen molar-refractivity contribution in [2.24, 2.45) is 0 Å². The summed E-state index contributed by atoms with van der Waals surface area (Å²) in [6.07, 6.45) is 3.09. The maximum atomic E-state index is 12.3. The van der Waals surface area contributed by atoms with Crippen LogP contribution < -0.4 is 10.5 Å². The fourth-order valence-electron chi connectivity index (χ4n) is 2.35. The minimum atomic E-state index is -0.193. The summed E-state index contributed by atoms with van der Waals surface area (Å²) in [5.41, 5.74) is 0.793. The summed E-state index contributed by atoms with van der Waals surface area (Å²) in [6, 6.07) is 0. The first-order chi connectivity index (χ1) is 11.1. The number of hydrogen-bond donors (Lipinski definition) is 1. The molecule has 0 saturated carbocycles. The highest BCUT2D eigenvalue weighted by atomic mass is 32.2. The molecule has 0 bridgehead atoms. The van der Waals surface area contributed by atoms with Crippen LogP contribution in [0.1, 0.15) is 5.69 Å². The first kappa shape index (κ1) is 16.0. The average molecular weight is 351 g/mol. The van der Waals surface area contributed by atoms with E-state index < -0.39 is 0 Å². The summed E-state index contributed by atoms with van der Waals surface area (Å²) in [4.78, 5) is 38.9. The molecule has 3 rings (SSSR count). The Morgan fingerprint density at radius 3 is 2.83 bits per heavy atom. The van der Waals surface area contributed by atoms with Gasteiger partial charge in [0.15, 0.2) is 10.2 Å². The molecule has 0 spiro atoms. The third-order valence-corrected chi connectivity index (χ3v) is 5.66. The summed E-state index contributed by atoms with van der Waals surface area (Å²) < 4.78 is 0.925. The van der Waals surface area contributed by atoms with E-state index in [1.807, 2.05) is 22.1 Å². The van der Waals surface area contributed by atoms with Crippen LogP contribution in [0.15, 0.2) is 26.9 Å². The molecule has 1 saturated heterocycles. The van der Waals surface area contributed by atoms with E-state index in [0.717, 1.165) is 10.0 Å². The van der Waals surface area contributed by atoms with Crippen LogP contribution >= 0.6 is 23.1 Å². The number of anilines is 1. The van der Waals surface area contributed by atoms with Gasteiger partial charge in [0.1, 0.15) is 0 Å². The van der Waals surface area contributed by atoms with Gasteiger partial charge in [0, 0.05) is 49.6 Å². The number of carbonyl (C=O) groups excluding carboxylic acids is 1. The van der Waals surface area contributed by atoms with E-state index in [2.05, 4.69) is 15.0 Å². The molecule has 0 aliphatic carbocycles. The Labute approximate surface area is 141 Å². The standard InChI is InChI=1S/C14H17N5O2S2/c1-10-8-22-14(17-10)23-9-11(20)18-4-6-19(7-5-18)12-13(21)16-3-2-15-12/h2-3,8H,4-7,9H2,1H3,(H,16,21). The monoisotopic (exact) mass is 351 g/mol. The Balaban J connectivity index is 1.51. The third-order valence-electron chi connectivity index (χ3n) is 3.54. The Morgan fingerprint density at radius 2 is 2.17 bits per heavy atom. The van der Waals surface area contributed by atoms with E-state index in [0.29, 0.717) is 37.7 Å². The number of aromatic nitrogens is 3. The summed E-state index contributed by atoms with van der Waals surface area (Å²) in [5, 5.41) is 1.98. The zero-order valence-electron chi connectivity index (χ0n) is 12.7. The fourth-order valence-corrected chi connectivity index (χ4v) is 4.10. The van der Waals surface area contributed by atoms with Crippen molar-refractivity contribution in [3.8, 4) is 0 Å². The molecule has 122 valence electrons. The minimum Gasteiger partial charge on any atom is -0.348 e. The molecule has 2 aromatic heterocycles. The average Bonchev–Trinajstić information content (AvgIpc) is 2.99. The molecule has 1 amide bonds. The molecule has 1 aliphatic heterocycles. The van der Waals surface area contributed by atoms with Gasteiger partial charge in [-0.2, -0.15) is 0 Å². The van der Waals surface area contributed by atoms with E-state index in [4.69, 9.17) is 0 Å². The molecule has 9 heteroatoms. The lowest BCUT2D eigenvalue weighted by Crippen LogP contribution is -2.50. The van der Waals surface area contributed by atoms with Crippen LogP contribution in [0.4, 0.5) is 5.82 Å². The molecule has 0 unspecified atom stereocenters. The van der Waals surface area contributed by atoms with E-state index >= 15 is 0 Å². The van der Waals surface area contributed by atoms with Crippen molar-refractivity contribution in [1.82, 2.24) is 19.9 Å². The van der Waals surface area contributed by atoms with E-state index in [-0.39, 0.29) is 11.5 Å². The zero-order chi connectivity index (χ0) is 16.2. The number of piperazine rings is 1. The van der Waals surface area contributed by atoms with Crippen molar-refractivity contribution >= 4 is 34.8 Å². The molecule has 1 fully saturated rings. The number of hydrogen-bond acceptors (Lipinski definition) is 7. The van der Waals surface area contributed by atoms with Gasteiger partial charge in [0.25, 0.3) is 5.56 Å². The normalized spacial score (nSPS) is 15.0. The number of thioether (sulfide) groups is 1. The van der Waals surface area contributed by atoms with Crippen LogP contribution in [0.3, 0.4) is 0 Å². The molecule has 1 aliphatic rings. The first-order valence-corrected chi connectivity index (χ1v) is 9.11. The van der Waals surface area contributed by atoms with Crippen LogP contribution in [0.25, 0.3) is 0 Å². The Morgan fingerprint density at radius 1 is 1.39 bits per heavy atom. The van der Waals surface area contributed by atoms with Crippen molar-refractivity contribution < 1.29 is 4.79 Å². The number of rotatable bonds is 4. The van der Waals surface area contributed by atoms with Gasteiger partial charge in [0.2, 0.25) is 5.91 Å². The van der Waals surface area contributed by atoms with Gasteiger partial charge >= 0.3 is 0 Å². The van der Waals surface area contributed by atoms with E-state index in [9.17, 15) is 9.59 Å². The quantitative estimate of drug-likeness (QED) is 0.827. The van der Waals surface area contributed by atoms with Gasteiger partial charge < -0.3 is 14.8 Å². The maximum Gasteiger partial charge on any atom is 0.290 e. The minimum absolute atomic E-state index is 0.109. The second kappa shape index (κ2) is 7.14. The van der Waals surface area contributed by atoms with Crippen LogP contribution in [-0.4, -0.2) is 57.7 Å². The molecule has 7 nitrogen and oxygen atoms in total. The van der Waals surface area contributed by atoms with Crippen LogP contribution in [0.2, 0.25) is 0 Å². The molecule has 3 heterocycles. The Bertz CT molecular complexity index is 737. The summed E-state index contributed by atoms with van der Waals surface area (Å²) in [7, 11) is 0. The lowest BCUT2D eigenvalue weighted by atomic mass is 10.3. The Hall–Kier alpha value is -1.87. The molecule has 0 atom stereocenters. The van der Waals surface area contributed by atoms with Crippen LogP contribution in [0, 0.1) is 6.92 Å². The Kier molecular flexibility index (Phi) is 4.97. The van der Waals surface area contributed by atoms with Crippen molar-refractivity contribution in [2.75, 3.05) is 36.8 Å².